The number of hydrogen-bond donors (Lipinski definition) is 0. The molecule has 2 fully saturated rings. The lowest BCUT2D eigenvalue weighted by Gasteiger charge is -2.27. The summed E-state index contributed by atoms with van der Waals surface area (Å²) in [7, 11) is 4.37. The van der Waals surface area contributed by atoms with Crippen molar-refractivity contribution in [1.29, 1.82) is 0 Å². The molecule has 10 heavy (non-hydrogen) atoms. The number of nitrogens with zero attached hydrogens (tertiary/aromatic N) is 2. The predicted molar refractivity (Wildman–Crippen MR) is 42.0 cm³/mol. The lowest BCUT2D eigenvalue weighted by Crippen LogP contribution is -2.42. The fourth-order valence-corrected chi connectivity index (χ4v) is 2.10. The number of piperazine rings is 1. The Bertz CT molecular complexity index is 158. The topological polar surface area (TPSA) is 6.48 Å². The van der Waals surface area contributed by atoms with Gasteiger partial charge in [-0.3, -0.25) is 9.80 Å². The molecule has 0 saturated carbocycles. The maximum atomic E-state index is 4.10. The Morgan fingerprint density at radius 1 is 1.20 bits per heavy atom. The highest BCUT2D eigenvalue weighted by molar-refractivity contribution is 5.26. The SMILES string of the molecule is C=C1[C@@H]2CN(C)[C@H]1CN2C. The van der Waals surface area contributed by atoms with Gasteiger partial charge in [0.2, 0.25) is 0 Å². The zero-order valence-electron chi connectivity index (χ0n) is 6.67. The Balaban J connectivity index is 2.25. The third-order valence-electron chi connectivity index (χ3n) is 2.84. The highest BCUT2D eigenvalue weighted by atomic mass is 15.3. The molecule has 2 rings (SSSR count). The van der Waals surface area contributed by atoms with Gasteiger partial charge >= 0.3 is 0 Å². The van der Waals surface area contributed by atoms with Gasteiger partial charge in [-0.1, -0.05) is 6.58 Å². The summed E-state index contributed by atoms with van der Waals surface area (Å²) < 4.78 is 0. The van der Waals surface area contributed by atoms with Crippen LogP contribution < -0.4 is 0 Å². The number of rotatable bonds is 0. The van der Waals surface area contributed by atoms with Crippen LogP contribution in [0.1, 0.15) is 0 Å². The Morgan fingerprint density at radius 3 is 1.80 bits per heavy atom. The zero-order chi connectivity index (χ0) is 7.30. The molecule has 2 bridgehead atoms. The van der Waals surface area contributed by atoms with Gasteiger partial charge in [-0.2, -0.15) is 0 Å². The fourth-order valence-electron chi connectivity index (χ4n) is 2.10. The predicted octanol–water partition coefficient (Wildman–Crippen LogP) is 0.171. The number of likely N-dealkylation sites (tertiary alicyclic amines) is 2. The normalized spacial score (nSPS) is 41.6. The second-order valence-corrected chi connectivity index (χ2v) is 3.49. The van der Waals surface area contributed by atoms with E-state index >= 15 is 0 Å². The molecule has 0 aromatic heterocycles. The minimum Gasteiger partial charge on any atom is -0.296 e. The van der Waals surface area contributed by atoms with E-state index in [0.29, 0.717) is 12.1 Å². The van der Waals surface area contributed by atoms with E-state index in [-0.39, 0.29) is 0 Å². The molecule has 2 atom stereocenters. The summed E-state index contributed by atoms with van der Waals surface area (Å²) in [5.74, 6) is 0. The molecule has 2 nitrogen and oxygen atoms in total. The van der Waals surface area contributed by atoms with Crippen LogP contribution in [0.3, 0.4) is 0 Å². The van der Waals surface area contributed by atoms with Gasteiger partial charge in [0.05, 0.1) is 0 Å². The quantitative estimate of drug-likeness (QED) is 0.440. The van der Waals surface area contributed by atoms with E-state index in [9.17, 15) is 0 Å². The van der Waals surface area contributed by atoms with Crippen molar-refractivity contribution in [3.8, 4) is 0 Å². The minimum atomic E-state index is 0.648. The molecule has 2 heteroatoms. The van der Waals surface area contributed by atoms with Gasteiger partial charge in [0, 0.05) is 25.2 Å². The minimum absolute atomic E-state index is 0.648. The van der Waals surface area contributed by atoms with E-state index in [4.69, 9.17) is 0 Å². The zero-order valence-corrected chi connectivity index (χ0v) is 6.67. The van der Waals surface area contributed by atoms with Crippen LogP contribution in [0.15, 0.2) is 12.2 Å². The summed E-state index contributed by atoms with van der Waals surface area (Å²) in [5, 5.41) is 0. The first kappa shape index (κ1) is 6.38. The molecule has 0 unspecified atom stereocenters. The average molecular weight is 138 g/mol. The molecule has 0 amide bonds. The molecule has 2 saturated heterocycles. The summed E-state index contributed by atoms with van der Waals surface area (Å²) >= 11 is 0. The van der Waals surface area contributed by atoms with E-state index in [0.717, 1.165) is 0 Å². The maximum absolute atomic E-state index is 4.10. The van der Waals surface area contributed by atoms with Gasteiger partial charge in [0.25, 0.3) is 0 Å². The summed E-state index contributed by atoms with van der Waals surface area (Å²) in [6.45, 7) is 6.46. The number of hydrogen-bond acceptors (Lipinski definition) is 2. The van der Waals surface area contributed by atoms with Crippen LogP contribution in [0.2, 0.25) is 0 Å². The molecule has 0 N–H and O–H groups in total. The van der Waals surface area contributed by atoms with Crippen molar-refractivity contribution in [2.75, 3.05) is 27.2 Å². The molecule has 0 aromatic rings. The maximum Gasteiger partial charge on any atom is 0.0445 e. The van der Waals surface area contributed by atoms with Crippen molar-refractivity contribution in [2.24, 2.45) is 0 Å². The fraction of sp³-hybridized carbons (Fsp3) is 0.750. The molecule has 56 valence electrons. The van der Waals surface area contributed by atoms with Gasteiger partial charge < -0.3 is 0 Å². The highest BCUT2D eigenvalue weighted by Gasteiger charge is 2.42. The Hall–Kier alpha value is -0.340. The smallest absolute Gasteiger partial charge is 0.0445 e. The lowest BCUT2D eigenvalue weighted by molar-refractivity contribution is 0.176. The van der Waals surface area contributed by atoms with Crippen LogP contribution in [-0.2, 0) is 0 Å². The Morgan fingerprint density at radius 2 is 1.60 bits per heavy atom. The monoisotopic (exact) mass is 138 g/mol. The molecule has 2 heterocycles. The lowest BCUT2D eigenvalue weighted by atomic mass is 10.1. The summed E-state index contributed by atoms with van der Waals surface area (Å²) in [6, 6.07) is 1.30. The molecule has 2 aliphatic heterocycles. The molecule has 0 radical (unpaired) electrons. The third-order valence-corrected chi connectivity index (χ3v) is 2.84. The van der Waals surface area contributed by atoms with Crippen LogP contribution in [0.5, 0.6) is 0 Å². The second-order valence-electron chi connectivity index (χ2n) is 3.49. The first-order valence-electron chi connectivity index (χ1n) is 3.79. The van der Waals surface area contributed by atoms with Crippen molar-refractivity contribution in [3.05, 3.63) is 12.2 Å². The average Bonchev–Trinajstić information content (AvgIpc) is 2.26. The largest absolute Gasteiger partial charge is 0.296 e. The van der Waals surface area contributed by atoms with E-state index < -0.39 is 0 Å². The van der Waals surface area contributed by atoms with E-state index in [1.165, 1.54) is 18.7 Å². The number of fused-ring (bicyclic) bond motifs is 2. The van der Waals surface area contributed by atoms with Crippen LogP contribution >= 0.6 is 0 Å². The van der Waals surface area contributed by atoms with Gasteiger partial charge in [0.15, 0.2) is 0 Å². The molecular weight excluding hydrogens is 124 g/mol. The van der Waals surface area contributed by atoms with E-state index in [1.807, 2.05) is 0 Å². The van der Waals surface area contributed by atoms with Crippen molar-refractivity contribution >= 4 is 0 Å². The Kier molecular flexibility index (Phi) is 1.17. The standard InChI is InChI=1S/C8H14N2/c1-6-7-5-10(3)8(6)4-9(7)2/h7-8H,1,4-5H2,2-3H3/t7-,8-/m0/s1. The van der Waals surface area contributed by atoms with Crippen LogP contribution in [-0.4, -0.2) is 49.1 Å². The van der Waals surface area contributed by atoms with Crippen molar-refractivity contribution in [3.63, 3.8) is 0 Å². The van der Waals surface area contributed by atoms with Gasteiger partial charge in [-0.25, -0.2) is 0 Å². The summed E-state index contributed by atoms with van der Waals surface area (Å²) in [5.41, 5.74) is 1.42. The van der Waals surface area contributed by atoms with Crippen molar-refractivity contribution < 1.29 is 0 Å². The van der Waals surface area contributed by atoms with Gasteiger partial charge in [0.1, 0.15) is 0 Å². The molecule has 0 aromatic carbocycles. The second kappa shape index (κ2) is 1.83. The molecular formula is C8H14N2. The third kappa shape index (κ3) is 0.607. The summed E-state index contributed by atoms with van der Waals surface area (Å²) in [6.07, 6.45) is 0. The Labute approximate surface area is 62.1 Å². The van der Waals surface area contributed by atoms with Gasteiger partial charge in [-0.05, 0) is 19.7 Å². The van der Waals surface area contributed by atoms with Crippen LogP contribution in [0.4, 0.5) is 0 Å². The molecule has 0 spiro atoms. The van der Waals surface area contributed by atoms with E-state index in [2.05, 4.69) is 30.5 Å². The van der Waals surface area contributed by atoms with Crippen LogP contribution in [0.25, 0.3) is 0 Å². The first-order valence-corrected chi connectivity index (χ1v) is 3.79. The van der Waals surface area contributed by atoms with Crippen molar-refractivity contribution in [1.82, 2.24) is 9.80 Å². The van der Waals surface area contributed by atoms with Crippen LogP contribution in [0, 0.1) is 0 Å². The van der Waals surface area contributed by atoms with Gasteiger partial charge in [-0.15, -0.1) is 0 Å². The number of likely N-dealkylation sites (N-methyl/N-ethyl adjacent to an activating group) is 2. The summed E-state index contributed by atoms with van der Waals surface area (Å²) in [4.78, 5) is 4.79. The van der Waals surface area contributed by atoms with Crippen molar-refractivity contribution in [2.45, 2.75) is 12.1 Å². The van der Waals surface area contributed by atoms with E-state index in [1.54, 1.807) is 0 Å². The molecule has 2 aliphatic rings. The first-order chi connectivity index (χ1) is 4.70. The molecule has 0 aliphatic carbocycles. The highest BCUT2D eigenvalue weighted by Crippen LogP contribution is 2.31.